The summed E-state index contributed by atoms with van der Waals surface area (Å²) in [5.41, 5.74) is 0. The van der Waals surface area contributed by atoms with Crippen molar-refractivity contribution in [1.82, 2.24) is 20.7 Å². The summed E-state index contributed by atoms with van der Waals surface area (Å²) in [7, 11) is 0. The van der Waals surface area contributed by atoms with Crippen molar-refractivity contribution in [2.24, 2.45) is 0 Å². The van der Waals surface area contributed by atoms with E-state index in [4.69, 9.17) is 0 Å². The third kappa shape index (κ3) is 1.62. The first kappa shape index (κ1) is 8.06. The van der Waals surface area contributed by atoms with Gasteiger partial charge in [0.15, 0.2) is 5.82 Å². The monoisotopic (exact) mass is 179 g/mol. The first-order valence-corrected chi connectivity index (χ1v) is 4.03. The zero-order chi connectivity index (χ0) is 9.10. The number of piperazine rings is 1. The molecule has 6 heteroatoms. The van der Waals surface area contributed by atoms with E-state index in [1.54, 1.807) is 11.0 Å². The summed E-state index contributed by atoms with van der Waals surface area (Å²) in [5, 5.41) is 13.8. The molecule has 0 aliphatic carbocycles. The molecule has 1 aromatic rings. The fourth-order valence-electron chi connectivity index (χ4n) is 1.23. The smallest absolute Gasteiger partial charge is 0.242 e. The van der Waals surface area contributed by atoms with Gasteiger partial charge in [0.25, 0.3) is 0 Å². The molecule has 1 aromatic heterocycles. The topological polar surface area (TPSA) is 71.0 Å². The van der Waals surface area contributed by atoms with Crippen molar-refractivity contribution >= 4 is 11.7 Å². The van der Waals surface area contributed by atoms with E-state index in [1.807, 2.05) is 0 Å². The van der Waals surface area contributed by atoms with Crippen LogP contribution in [0.1, 0.15) is 0 Å². The molecule has 1 aliphatic rings. The Labute approximate surface area is 75.0 Å². The lowest BCUT2D eigenvalue weighted by Gasteiger charge is -2.25. The highest BCUT2D eigenvalue weighted by Crippen LogP contribution is 2.08. The van der Waals surface area contributed by atoms with Gasteiger partial charge in [-0.1, -0.05) is 0 Å². The normalized spacial score (nSPS) is 17.5. The van der Waals surface area contributed by atoms with Crippen molar-refractivity contribution in [3.05, 3.63) is 12.3 Å². The minimum Gasteiger partial charge on any atom is -0.307 e. The maximum absolute atomic E-state index is 11.4. The Bertz CT molecular complexity index is 301. The van der Waals surface area contributed by atoms with Crippen LogP contribution in [0.5, 0.6) is 0 Å². The molecular weight excluding hydrogens is 170 g/mol. The molecular formula is C7H9N5O. The molecule has 1 aliphatic heterocycles. The average molecular weight is 179 g/mol. The van der Waals surface area contributed by atoms with Crippen LogP contribution in [0, 0.1) is 0 Å². The summed E-state index contributed by atoms with van der Waals surface area (Å²) >= 11 is 0. The van der Waals surface area contributed by atoms with Gasteiger partial charge in [-0.2, -0.15) is 0 Å². The van der Waals surface area contributed by atoms with Crippen LogP contribution in [0.3, 0.4) is 0 Å². The number of carbonyl (C=O) groups excluding carboxylic acids is 1. The molecule has 2 heterocycles. The zero-order valence-electron chi connectivity index (χ0n) is 6.97. The van der Waals surface area contributed by atoms with Crippen LogP contribution in [0.25, 0.3) is 0 Å². The van der Waals surface area contributed by atoms with Crippen molar-refractivity contribution in [1.29, 1.82) is 0 Å². The number of carbonyl (C=O) groups is 1. The number of nitrogens with one attached hydrogen (secondary N) is 1. The maximum atomic E-state index is 11.4. The molecule has 1 N–H and O–H groups in total. The largest absolute Gasteiger partial charge is 0.307 e. The molecule has 6 nitrogen and oxygen atoms in total. The van der Waals surface area contributed by atoms with Crippen molar-refractivity contribution in [2.45, 2.75) is 0 Å². The lowest BCUT2D eigenvalue weighted by molar-refractivity contribution is -0.118. The van der Waals surface area contributed by atoms with Crippen molar-refractivity contribution in [3.8, 4) is 0 Å². The van der Waals surface area contributed by atoms with E-state index in [2.05, 4.69) is 20.7 Å². The molecule has 68 valence electrons. The van der Waals surface area contributed by atoms with E-state index in [0.29, 0.717) is 18.9 Å². The van der Waals surface area contributed by atoms with Gasteiger partial charge in [0, 0.05) is 19.2 Å². The van der Waals surface area contributed by atoms with Crippen LogP contribution in [-0.2, 0) is 4.79 Å². The van der Waals surface area contributed by atoms with Crippen molar-refractivity contribution < 1.29 is 4.79 Å². The number of hydrogen-bond acceptors (Lipinski definition) is 5. The first-order valence-electron chi connectivity index (χ1n) is 4.03. The van der Waals surface area contributed by atoms with Gasteiger partial charge >= 0.3 is 0 Å². The fourth-order valence-corrected chi connectivity index (χ4v) is 1.23. The van der Waals surface area contributed by atoms with Crippen molar-refractivity contribution in [3.63, 3.8) is 0 Å². The zero-order valence-corrected chi connectivity index (χ0v) is 6.97. The van der Waals surface area contributed by atoms with Gasteiger partial charge in [-0.05, 0) is 5.21 Å². The molecule has 2 rings (SSSR count). The summed E-state index contributed by atoms with van der Waals surface area (Å²) in [5.74, 6) is 0.591. The van der Waals surface area contributed by atoms with Crippen molar-refractivity contribution in [2.75, 3.05) is 24.5 Å². The van der Waals surface area contributed by atoms with Gasteiger partial charge in [-0.25, -0.2) is 0 Å². The van der Waals surface area contributed by atoms with E-state index in [1.165, 1.54) is 6.20 Å². The summed E-state index contributed by atoms with van der Waals surface area (Å²) in [6, 6.07) is 1.68. The van der Waals surface area contributed by atoms with E-state index in [0.717, 1.165) is 6.54 Å². The van der Waals surface area contributed by atoms with E-state index < -0.39 is 0 Å². The van der Waals surface area contributed by atoms with Crippen LogP contribution in [0.15, 0.2) is 12.3 Å². The Morgan fingerprint density at radius 3 is 3.15 bits per heavy atom. The second-order valence-electron chi connectivity index (χ2n) is 2.70. The number of nitrogens with zero attached hydrogens (tertiary/aromatic N) is 4. The third-order valence-electron chi connectivity index (χ3n) is 1.86. The molecule has 0 aromatic carbocycles. The molecule has 0 radical (unpaired) electrons. The highest BCUT2D eigenvalue weighted by molar-refractivity contribution is 5.94. The standard InChI is InChI=1S/C7H9N5O/c13-7-5-8-3-4-12(7)6-1-2-9-11-10-6/h1-2,8H,3-5H2. The molecule has 1 saturated heterocycles. The second kappa shape index (κ2) is 3.44. The van der Waals surface area contributed by atoms with Crippen LogP contribution >= 0.6 is 0 Å². The summed E-state index contributed by atoms with van der Waals surface area (Å²) < 4.78 is 0. The molecule has 0 atom stereocenters. The van der Waals surface area contributed by atoms with Gasteiger partial charge in [-0.15, -0.1) is 10.2 Å². The Balaban J connectivity index is 2.20. The third-order valence-corrected chi connectivity index (χ3v) is 1.86. The molecule has 1 fully saturated rings. The van der Waals surface area contributed by atoms with Gasteiger partial charge in [0.2, 0.25) is 5.91 Å². The lowest BCUT2D eigenvalue weighted by atomic mass is 10.3. The molecule has 13 heavy (non-hydrogen) atoms. The van der Waals surface area contributed by atoms with Gasteiger partial charge in [-0.3, -0.25) is 9.69 Å². The summed E-state index contributed by atoms with van der Waals surface area (Å²) in [6.45, 7) is 1.79. The number of aromatic nitrogens is 3. The number of anilines is 1. The minimum absolute atomic E-state index is 0.0201. The second-order valence-corrected chi connectivity index (χ2v) is 2.70. The average Bonchev–Trinajstić information content (AvgIpc) is 2.20. The van der Waals surface area contributed by atoms with Crippen LogP contribution < -0.4 is 10.2 Å². The maximum Gasteiger partial charge on any atom is 0.242 e. The number of rotatable bonds is 1. The van der Waals surface area contributed by atoms with E-state index in [-0.39, 0.29) is 5.91 Å². The molecule has 0 unspecified atom stereocenters. The van der Waals surface area contributed by atoms with Gasteiger partial charge in [0.1, 0.15) is 0 Å². The molecule has 1 amide bonds. The SMILES string of the molecule is O=C1CNCCN1c1ccnnn1. The summed E-state index contributed by atoms with van der Waals surface area (Å²) in [4.78, 5) is 13.0. The quantitative estimate of drug-likeness (QED) is 0.586. The predicted molar refractivity (Wildman–Crippen MR) is 45.0 cm³/mol. The molecule has 0 saturated carbocycles. The van der Waals surface area contributed by atoms with Crippen LogP contribution in [-0.4, -0.2) is 41.0 Å². The Kier molecular flexibility index (Phi) is 2.13. The number of hydrogen-bond donors (Lipinski definition) is 1. The number of amides is 1. The highest BCUT2D eigenvalue weighted by Gasteiger charge is 2.19. The Morgan fingerprint density at radius 2 is 2.46 bits per heavy atom. The lowest BCUT2D eigenvalue weighted by Crippen LogP contribution is -2.48. The Hall–Kier alpha value is -1.56. The Morgan fingerprint density at radius 1 is 1.54 bits per heavy atom. The first-order chi connectivity index (χ1) is 6.38. The predicted octanol–water partition coefficient (Wildman–Crippen LogP) is -1.19. The van der Waals surface area contributed by atoms with Gasteiger partial charge < -0.3 is 5.32 Å². The minimum atomic E-state index is 0.0201. The summed E-state index contributed by atoms with van der Waals surface area (Å²) in [6.07, 6.45) is 1.53. The highest BCUT2D eigenvalue weighted by atomic mass is 16.2. The van der Waals surface area contributed by atoms with E-state index in [9.17, 15) is 4.79 Å². The van der Waals surface area contributed by atoms with Crippen LogP contribution in [0.4, 0.5) is 5.82 Å². The van der Waals surface area contributed by atoms with Gasteiger partial charge in [0.05, 0.1) is 12.7 Å². The molecule has 0 bridgehead atoms. The molecule has 0 spiro atoms. The fraction of sp³-hybridized carbons (Fsp3) is 0.429. The van der Waals surface area contributed by atoms with E-state index >= 15 is 0 Å². The van der Waals surface area contributed by atoms with Crippen LogP contribution in [0.2, 0.25) is 0 Å².